The molecule has 4 heteroatoms. The van der Waals surface area contributed by atoms with E-state index in [2.05, 4.69) is 27.9 Å². The third-order valence-electron chi connectivity index (χ3n) is 3.30. The molecule has 2 heterocycles. The Labute approximate surface area is 93.6 Å². The van der Waals surface area contributed by atoms with Crippen molar-refractivity contribution in [3.8, 4) is 0 Å². The first-order valence-electron chi connectivity index (χ1n) is 5.14. The lowest BCUT2D eigenvalue weighted by Crippen LogP contribution is -2.55. The Kier molecular flexibility index (Phi) is 2.60. The zero-order chi connectivity index (χ0) is 10.3. The number of nitrogens with zero attached hydrogens (tertiary/aromatic N) is 2. The number of carbonyl (C=O) groups is 1. The van der Waals surface area contributed by atoms with Gasteiger partial charge in [0.05, 0.1) is 4.83 Å². The molecule has 1 spiro atoms. The molecular weight excluding hydrogens is 244 g/mol. The van der Waals surface area contributed by atoms with Crippen molar-refractivity contribution in [1.82, 2.24) is 9.80 Å². The molecule has 80 valence electrons. The molecule has 0 aromatic carbocycles. The highest BCUT2D eigenvalue weighted by molar-refractivity contribution is 9.10. The van der Waals surface area contributed by atoms with Gasteiger partial charge < -0.3 is 9.80 Å². The molecule has 1 atom stereocenters. The minimum absolute atomic E-state index is 0.0320. The molecule has 2 aliphatic heterocycles. The van der Waals surface area contributed by atoms with Gasteiger partial charge in [-0.15, -0.1) is 0 Å². The van der Waals surface area contributed by atoms with Gasteiger partial charge in [-0.1, -0.05) is 15.9 Å². The van der Waals surface area contributed by atoms with Gasteiger partial charge in [0.1, 0.15) is 0 Å². The number of hydrogen-bond acceptors (Lipinski definition) is 2. The number of alkyl halides is 1. The summed E-state index contributed by atoms with van der Waals surface area (Å²) in [5.74, 6) is 0.247. The maximum atomic E-state index is 11.7. The molecular formula is C10H17BrN2O. The Morgan fingerprint density at radius 3 is 2.57 bits per heavy atom. The van der Waals surface area contributed by atoms with Crippen molar-refractivity contribution in [3.63, 3.8) is 0 Å². The Morgan fingerprint density at radius 2 is 2.07 bits per heavy atom. The second kappa shape index (κ2) is 3.49. The minimum atomic E-state index is -0.0320. The first-order chi connectivity index (χ1) is 6.52. The van der Waals surface area contributed by atoms with Crippen LogP contribution in [0.2, 0.25) is 0 Å². The van der Waals surface area contributed by atoms with Crippen LogP contribution in [-0.2, 0) is 4.79 Å². The number of likely N-dealkylation sites (tertiary alicyclic amines) is 2. The van der Waals surface area contributed by atoms with E-state index in [1.54, 1.807) is 0 Å². The fourth-order valence-electron chi connectivity index (χ4n) is 2.73. The van der Waals surface area contributed by atoms with Crippen molar-refractivity contribution < 1.29 is 4.79 Å². The van der Waals surface area contributed by atoms with Crippen LogP contribution in [0.3, 0.4) is 0 Å². The number of hydrogen-bond donors (Lipinski definition) is 0. The van der Waals surface area contributed by atoms with Gasteiger partial charge in [-0.3, -0.25) is 4.79 Å². The quantitative estimate of drug-likeness (QED) is 0.656. The summed E-state index contributed by atoms with van der Waals surface area (Å²) in [6.45, 7) is 6.13. The summed E-state index contributed by atoms with van der Waals surface area (Å²) in [5.41, 5.74) is 0.437. The van der Waals surface area contributed by atoms with E-state index in [1.807, 2.05) is 11.8 Å². The number of carbonyl (C=O) groups excluding carboxylic acids is 1. The molecule has 14 heavy (non-hydrogen) atoms. The van der Waals surface area contributed by atoms with Gasteiger partial charge in [-0.25, -0.2) is 0 Å². The molecule has 0 saturated carbocycles. The molecule has 0 N–H and O–H groups in total. The molecule has 2 fully saturated rings. The van der Waals surface area contributed by atoms with Crippen molar-refractivity contribution in [1.29, 1.82) is 0 Å². The highest BCUT2D eigenvalue weighted by Crippen LogP contribution is 2.38. The van der Waals surface area contributed by atoms with Crippen LogP contribution in [0.15, 0.2) is 0 Å². The lowest BCUT2D eigenvalue weighted by Gasteiger charge is -2.46. The summed E-state index contributed by atoms with van der Waals surface area (Å²) >= 11 is 3.34. The third-order valence-corrected chi connectivity index (χ3v) is 3.69. The first-order valence-corrected chi connectivity index (χ1v) is 6.05. The zero-order valence-electron chi connectivity index (χ0n) is 8.79. The number of amides is 1. The van der Waals surface area contributed by atoms with Crippen LogP contribution >= 0.6 is 15.9 Å². The smallest absolute Gasteiger partial charge is 0.236 e. The molecule has 0 aromatic heterocycles. The summed E-state index contributed by atoms with van der Waals surface area (Å²) in [5, 5.41) is 0. The molecule has 0 aliphatic carbocycles. The number of halogens is 1. The Morgan fingerprint density at radius 1 is 1.43 bits per heavy atom. The molecule has 2 aliphatic rings. The lowest BCUT2D eigenvalue weighted by molar-refractivity contribution is -0.130. The maximum absolute atomic E-state index is 11.7. The summed E-state index contributed by atoms with van der Waals surface area (Å²) in [7, 11) is 2.14. The fraction of sp³-hybridized carbons (Fsp3) is 0.900. The summed E-state index contributed by atoms with van der Waals surface area (Å²) in [6, 6.07) is 0. The van der Waals surface area contributed by atoms with E-state index in [1.165, 1.54) is 6.42 Å². The molecule has 2 rings (SSSR count). The van der Waals surface area contributed by atoms with Gasteiger partial charge in [0, 0.05) is 31.6 Å². The molecule has 2 saturated heterocycles. The van der Waals surface area contributed by atoms with Crippen LogP contribution < -0.4 is 0 Å². The van der Waals surface area contributed by atoms with Crippen molar-refractivity contribution in [2.45, 2.75) is 18.2 Å². The summed E-state index contributed by atoms with van der Waals surface area (Å²) in [6.07, 6.45) is 1.18. The van der Waals surface area contributed by atoms with Crippen LogP contribution in [0.25, 0.3) is 0 Å². The van der Waals surface area contributed by atoms with Crippen LogP contribution in [0.5, 0.6) is 0 Å². The Bertz CT molecular complexity index is 249. The van der Waals surface area contributed by atoms with Gasteiger partial charge in [-0.05, 0) is 20.4 Å². The van der Waals surface area contributed by atoms with E-state index in [-0.39, 0.29) is 10.7 Å². The van der Waals surface area contributed by atoms with Crippen LogP contribution in [0, 0.1) is 5.41 Å². The van der Waals surface area contributed by atoms with E-state index in [0.717, 1.165) is 26.2 Å². The van der Waals surface area contributed by atoms with Crippen LogP contribution in [0.4, 0.5) is 0 Å². The topological polar surface area (TPSA) is 23.6 Å². The predicted octanol–water partition coefficient (Wildman–Crippen LogP) is 0.934. The first kappa shape index (κ1) is 10.4. The summed E-state index contributed by atoms with van der Waals surface area (Å²) in [4.78, 5) is 16.0. The van der Waals surface area contributed by atoms with E-state index < -0.39 is 0 Å². The summed E-state index contributed by atoms with van der Waals surface area (Å²) < 4.78 is 0. The predicted molar refractivity (Wildman–Crippen MR) is 59.5 cm³/mol. The van der Waals surface area contributed by atoms with Gasteiger partial charge >= 0.3 is 0 Å². The third kappa shape index (κ3) is 1.70. The second-order valence-corrected chi connectivity index (χ2v) is 6.17. The zero-order valence-corrected chi connectivity index (χ0v) is 10.4. The highest BCUT2D eigenvalue weighted by atomic mass is 79.9. The average molecular weight is 261 g/mol. The normalized spacial score (nSPS) is 27.8. The molecule has 1 amide bonds. The average Bonchev–Trinajstić information content (AvgIpc) is 2.47. The standard InChI is InChI=1S/C10H17BrN2O/c1-8(11)9(14)13-4-3-10(7-13)5-12(2)6-10/h8H,3-7H2,1-2H3. The van der Waals surface area contributed by atoms with Crippen molar-refractivity contribution >= 4 is 21.8 Å². The fourth-order valence-corrected chi connectivity index (χ4v) is 3.02. The monoisotopic (exact) mass is 260 g/mol. The van der Waals surface area contributed by atoms with E-state index in [4.69, 9.17) is 0 Å². The van der Waals surface area contributed by atoms with E-state index >= 15 is 0 Å². The van der Waals surface area contributed by atoms with Crippen molar-refractivity contribution in [2.75, 3.05) is 33.2 Å². The molecule has 3 nitrogen and oxygen atoms in total. The maximum Gasteiger partial charge on any atom is 0.236 e. The van der Waals surface area contributed by atoms with Crippen LogP contribution in [0.1, 0.15) is 13.3 Å². The van der Waals surface area contributed by atoms with Gasteiger partial charge in [0.2, 0.25) is 5.91 Å². The molecule has 0 bridgehead atoms. The van der Waals surface area contributed by atoms with Crippen LogP contribution in [-0.4, -0.2) is 53.8 Å². The van der Waals surface area contributed by atoms with Gasteiger partial charge in [0.25, 0.3) is 0 Å². The van der Waals surface area contributed by atoms with E-state index in [9.17, 15) is 4.79 Å². The lowest BCUT2D eigenvalue weighted by atomic mass is 9.79. The molecule has 0 radical (unpaired) electrons. The minimum Gasteiger partial charge on any atom is -0.341 e. The Hall–Kier alpha value is -0.0900. The van der Waals surface area contributed by atoms with Gasteiger partial charge in [-0.2, -0.15) is 0 Å². The SMILES string of the molecule is CC(Br)C(=O)N1CCC2(CN(C)C2)C1. The largest absolute Gasteiger partial charge is 0.341 e. The van der Waals surface area contributed by atoms with Crippen molar-refractivity contribution in [3.05, 3.63) is 0 Å². The molecule has 1 unspecified atom stereocenters. The second-order valence-electron chi connectivity index (χ2n) is 4.80. The Balaban J connectivity index is 1.92. The number of rotatable bonds is 1. The molecule has 0 aromatic rings. The van der Waals surface area contributed by atoms with E-state index in [0.29, 0.717) is 5.41 Å². The highest BCUT2D eigenvalue weighted by Gasteiger charge is 2.47. The van der Waals surface area contributed by atoms with Crippen molar-refractivity contribution in [2.24, 2.45) is 5.41 Å². The van der Waals surface area contributed by atoms with Gasteiger partial charge in [0.15, 0.2) is 0 Å².